The summed E-state index contributed by atoms with van der Waals surface area (Å²) in [7, 11) is 0. The van der Waals surface area contributed by atoms with Crippen LogP contribution in [0.1, 0.15) is 46.0 Å². The van der Waals surface area contributed by atoms with Crippen LogP contribution in [0.3, 0.4) is 0 Å². The molecule has 5 heterocycles. The van der Waals surface area contributed by atoms with Crippen LogP contribution < -0.4 is 0 Å². The minimum absolute atomic E-state index is 0.0127. The standard InChI is InChI=1S/C22H14F3N7O3/c23-11-2-1-3-13-17(11)34-21(30-13)16-14-12(28-9-29-14)4-5-32(16)22(33)18-15(19(24)25)31-20(35-18)10-6-26-8-27-7-10/h1-3,6-9,16,19H,4-5H2,(H,28,29)/t16-/m0/s1. The molecule has 1 atom stereocenters. The molecule has 1 aliphatic heterocycles. The Morgan fingerprint density at radius 3 is 2.77 bits per heavy atom. The highest BCUT2D eigenvalue weighted by atomic mass is 19.3. The maximum absolute atomic E-state index is 14.3. The summed E-state index contributed by atoms with van der Waals surface area (Å²) in [6.07, 6.45) is 2.64. The predicted octanol–water partition coefficient (Wildman–Crippen LogP) is 3.86. The van der Waals surface area contributed by atoms with E-state index in [2.05, 4.69) is 29.9 Å². The van der Waals surface area contributed by atoms with Crippen molar-refractivity contribution in [2.75, 3.05) is 6.54 Å². The third-order valence-corrected chi connectivity index (χ3v) is 5.67. The fourth-order valence-corrected chi connectivity index (χ4v) is 4.09. The second-order valence-electron chi connectivity index (χ2n) is 7.72. The number of para-hydroxylation sites is 1. The summed E-state index contributed by atoms with van der Waals surface area (Å²) in [6.45, 7) is 0.104. The van der Waals surface area contributed by atoms with Crippen molar-refractivity contribution < 1.29 is 26.8 Å². The van der Waals surface area contributed by atoms with Crippen molar-refractivity contribution in [1.82, 2.24) is 34.8 Å². The Balaban J connectivity index is 1.46. The minimum atomic E-state index is -3.08. The van der Waals surface area contributed by atoms with Crippen molar-refractivity contribution in [3.05, 3.63) is 77.8 Å². The third-order valence-electron chi connectivity index (χ3n) is 5.67. The van der Waals surface area contributed by atoms with Gasteiger partial charge in [-0.15, -0.1) is 0 Å². The van der Waals surface area contributed by atoms with Gasteiger partial charge in [0.25, 0.3) is 12.3 Å². The van der Waals surface area contributed by atoms with Crippen molar-refractivity contribution in [2.24, 2.45) is 0 Å². The number of hydrogen-bond donors (Lipinski definition) is 1. The molecule has 1 aliphatic rings. The highest BCUT2D eigenvalue weighted by molar-refractivity contribution is 5.93. The number of benzene rings is 1. The monoisotopic (exact) mass is 481 g/mol. The Morgan fingerprint density at radius 2 is 2.00 bits per heavy atom. The molecular formula is C22H14F3N7O3. The van der Waals surface area contributed by atoms with E-state index in [1.54, 1.807) is 6.07 Å². The Labute approximate surface area is 193 Å². The number of carbonyl (C=O) groups excluding carboxylic acids is 1. The van der Waals surface area contributed by atoms with Crippen LogP contribution in [0.2, 0.25) is 0 Å². The van der Waals surface area contributed by atoms with Crippen LogP contribution in [0.4, 0.5) is 13.2 Å². The molecule has 1 N–H and O–H groups in total. The van der Waals surface area contributed by atoms with Gasteiger partial charge >= 0.3 is 0 Å². The number of amides is 1. The predicted molar refractivity (Wildman–Crippen MR) is 112 cm³/mol. The van der Waals surface area contributed by atoms with Crippen molar-refractivity contribution >= 4 is 17.0 Å². The molecule has 0 spiro atoms. The van der Waals surface area contributed by atoms with E-state index in [1.807, 2.05) is 0 Å². The van der Waals surface area contributed by atoms with E-state index < -0.39 is 35.6 Å². The van der Waals surface area contributed by atoms with Gasteiger partial charge in [-0.1, -0.05) is 6.07 Å². The highest BCUT2D eigenvalue weighted by Crippen LogP contribution is 2.37. The number of nitrogens with zero attached hydrogens (tertiary/aromatic N) is 6. The lowest BCUT2D eigenvalue weighted by Crippen LogP contribution is -2.41. The van der Waals surface area contributed by atoms with E-state index in [0.29, 0.717) is 12.1 Å². The number of fused-ring (bicyclic) bond motifs is 2. The van der Waals surface area contributed by atoms with Crippen molar-refractivity contribution in [1.29, 1.82) is 0 Å². The molecule has 5 aromatic rings. The SMILES string of the molecule is O=C(c1oc(-c2cncnc2)nc1C(F)F)N1CCc2[nH]cnc2[C@H]1c1nc2cccc(F)c2o1. The molecule has 35 heavy (non-hydrogen) atoms. The van der Waals surface area contributed by atoms with E-state index in [0.717, 1.165) is 5.69 Å². The molecule has 6 rings (SSSR count). The maximum Gasteiger partial charge on any atom is 0.292 e. The van der Waals surface area contributed by atoms with Gasteiger partial charge in [-0.3, -0.25) is 4.79 Å². The highest BCUT2D eigenvalue weighted by Gasteiger charge is 2.41. The lowest BCUT2D eigenvalue weighted by Gasteiger charge is -2.32. The Hall–Kier alpha value is -4.55. The fourth-order valence-electron chi connectivity index (χ4n) is 4.09. The van der Waals surface area contributed by atoms with Gasteiger partial charge in [0.2, 0.25) is 17.5 Å². The number of imidazole rings is 1. The van der Waals surface area contributed by atoms with Gasteiger partial charge in [0.1, 0.15) is 11.8 Å². The average molecular weight is 481 g/mol. The van der Waals surface area contributed by atoms with Crippen LogP contribution in [0.15, 0.2) is 52.1 Å². The molecule has 4 aromatic heterocycles. The summed E-state index contributed by atoms with van der Waals surface area (Å²) >= 11 is 0. The number of rotatable bonds is 4. The lowest BCUT2D eigenvalue weighted by molar-refractivity contribution is 0.0621. The van der Waals surface area contributed by atoms with Crippen molar-refractivity contribution in [3.8, 4) is 11.5 Å². The zero-order valence-corrected chi connectivity index (χ0v) is 17.7. The molecule has 1 aromatic carbocycles. The Bertz CT molecular complexity index is 1550. The van der Waals surface area contributed by atoms with Gasteiger partial charge in [0.15, 0.2) is 23.1 Å². The van der Waals surface area contributed by atoms with Crippen LogP contribution >= 0.6 is 0 Å². The number of aromatic nitrogens is 6. The fraction of sp³-hybridized carbons (Fsp3) is 0.182. The first-order valence-corrected chi connectivity index (χ1v) is 10.4. The molecule has 1 amide bonds. The molecule has 0 radical (unpaired) electrons. The van der Waals surface area contributed by atoms with Gasteiger partial charge in [0, 0.05) is 31.1 Å². The van der Waals surface area contributed by atoms with Gasteiger partial charge in [-0.25, -0.2) is 38.1 Å². The number of carbonyl (C=O) groups is 1. The smallest absolute Gasteiger partial charge is 0.292 e. The number of hydrogen-bond acceptors (Lipinski definition) is 8. The first-order chi connectivity index (χ1) is 17.0. The van der Waals surface area contributed by atoms with E-state index >= 15 is 0 Å². The first-order valence-electron chi connectivity index (χ1n) is 10.4. The van der Waals surface area contributed by atoms with Crippen LogP contribution in [-0.4, -0.2) is 47.3 Å². The lowest BCUT2D eigenvalue weighted by atomic mass is 10.0. The third kappa shape index (κ3) is 3.43. The Kier molecular flexibility index (Phi) is 4.83. The van der Waals surface area contributed by atoms with Crippen molar-refractivity contribution in [3.63, 3.8) is 0 Å². The molecule has 0 unspecified atom stereocenters. The number of oxazole rings is 2. The molecule has 0 aliphatic carbocycles. The maximum atomic E-state index is 14.3. The number of nitrogens with one attached hydrogen (secondary N) is 1. The second kappa shape index (κ2) is 8.04. The Morgan fingerprint density at radius 1 is 1.17 bits per heavy atom. The van der Waals surface area contributed by atoms with E-state index in [-0.39, 0.29) is 35.0 Å². The van der Waals surface area contributed by atoms with Crippen molar-refractivity contribution in [2.45, 2.75) is 18.9 Å². The first kappa shape index (κ1) is 21.0. The molecule has 0 bridgehead atoms. The van der Waals surface area contributed by atoms with Crippen LogP contribution in [0, 0.1) is 5.82 Å². The zero-order chi connectivity index (χ0) is 24.1. The molecule has 13 heteroatoms. The summed E-state index contributed by atoms with van der Waals surface area (Å²) < 4.78 is 53.2. The van der Waals surface area contributed by atoms with Gasteiger partial charge < -0.3 is 18.7 Å². The second-order valence-corrected chi connectivity index (χ2v) is 7.72. The van der Waals surface area contributed by atoms with Gasteiger partial charge in [0.05, 0.1) is 17.6 Å². The summed E-state index contributed by atoms with van der Waals surface area (Å²) in [6, 6.07) is 3.25. The van der Waals surface area contributed by atoms with E-state index in [4.69, 9.17) is 8.83 Å². The molecular weight excluding hydrogens is 467 g/mol. The molecule has 0 fully saturated rings. The van der Waals surface area contributed by atoms with Crippen LogP contribution in [-0.2, 0) is 6.42 Å². The number of alkyl halides is 2. The molecule has 0 saturated carbocycles. The summed E-state index contributed by atoms with van der Waals surface area (Å²) in [5.74, 6) is -2.35. The molecule has 176 valence electrons. The normalized spacial score (nSPS) is 15.7. The zero-order valence-electron chi connectivity index (χ0n) is 17.7. The molecule has 10 nitrogen and oxygen atoms in total. The summed E-state index contributed by atoms with van der Waals surface area (Å²) in [5.41, 5.74) is 0.699. The van der Waals surface area contributed by atoms with E-state index in [1.165, 1.54) is 42.1 Å². The average Bonchev–Trinajstić information content (AvgIpc) is 3.61. The van der Waals surface area contributed by atoms with Crippen LogP contribution in [0.25, 0.3) is 22.6 Å². The van der Waals surface area contributed by atoms with Gasteiger partial charge in [-0.2, -0.15) is 0 Å². The topological polar surface area (TPSA) is 127 Å². The summed E-state index contributed by atoms with van der Waals surface area (Å²) in [5, 5.41) is 0. The van der Waals surface area contributed by atoms with Crippen LogP contribution in [0.5, 0.6) is 0 Å². The quantitative estimate of drug-likeness (QED) is 0.410. The molecule has 0 saturated heterocycles. The number of aromatic amines is 1. The largest absolute Gasteiger partial charge is 0.435 e. The van der Waals surface area contributed by atoms with Gasteiger partial charge in [-0.05, 0) is 12.1 Å². The summed E-state index contributed by atoms with van der Waals surface area (Å²) in [4.78, 5) is 38.0. The minimum Gasteiger partial charge on any atom is -0.435 e. The number of halogens is 3. The number of H-pyrrole nitrogens is 1. The van der Waals surface area contributed by atoms with E-state index in [9.17, 15) is 18.0 Å².